The molecule has 0 saturated carbocycles. The highest BCUT2D eigenvalue weighted by molar-refractivity contribution is 5.89. The van der Waals surface area contributed by atoms with Crippen molar-refractivity contribution in [1.82, 2.24) is 5.32 Å². The maximum atomic E-state index is 11.3. The third-order valence-corrected chi connectivity index (χ3v) is 2.05. The molecule has 1 saturated heterocycles. The maximum absolute atomic E-state index is 11.3. The lowest BCUT2D eigenvalue weighted by Crippen LogP contribution is -2.58. The number of ether oxygens (including phenoxy) is 2. The van der Waals surface area contributed by atoms with Crippen molar-refractivity contribution in [1.29, 1.82) is 0 Å². The number of hydrogen-bond acceptors (Lipinski definition) is 5. The fourth-order valence-electron chi connectivity index (χ4n) is 1.00. The smallest absolute Gasteiger partial charge is 0.367 e. The molecule has 0 spiro atoms. The lowest BCUT2D eigenvalue weighted by atomic mass is 10.2. The van der Waals surface area contributed by atoms with Crippen LogP contribution in [0.15, 0.2) is 0 Å². The largest absolute Gasteiger partial charge is 0.446 e. The van der Waals surface area contributed by atoms with E-state index in [2.05, 4.69) is 5.32 Å². The van der Waals surface area contributed by atoms with Gasteiger partial charge in [-0.3, -0.25) is 5.32 Å². The standard InChI is InChI=1S/C8H13NO4/c1-4-5-6(10)13-8(2,9-3)7(11)12-5/h5,9H,4H2,1-3H3. The second-order valence-electron chi connectivity index (χ2n) is 3.01. The molecule has 1 aliphatic heterocycles. The number of carbonyl (C=O) groups is 2. The number of rotatable bonds is 2. The van der Waals surface area contributed by atoms with Crippen LogP contribution in [0.4, 0.5) is 0 Å². The van der Waals surface area contributed by atoms with Gasteiger partial charge in [0, 0.05) is 6.92 Å². The Bertz CT molecular complexity index is 240. The van der Waals surface area contributed by atoms with Crippen LogP contribution in [0.25, 0.3) is 0 Å². The van der Waals surface area contributed by atoms with Crippen LogP contribution in [0.3, 0.4) is 0 Å². The molecule has 13 heavy (non-hydrogen) atoms. The molecule has 0 amide bonds. The highest BCUT2D eigenvalue weighted by atomic mass is 16.7. The lowest BCUT2D eigenvalue weighted by Gasteiger charge is -2.33. The number of hydrogen-bond donors (Lipinski definition) is 1. The molecule has 0 aromatic rings. The molecule has 1 aliphatic rings. The summed E-state index contributed by atoms with van der Waals surface area (Å²) in [5.74, 6) is -1.06. The van der Waals surface area contributed by atoms with Crippen molar-refractivity contribution >= 4 is 11.9 Å². The molecule has 0 aliphatic carbocycles. The Hall–Kier alpha value is -1.10. The number of likely N-dealkylation sites (N-methyl/N-ethyl adjacent to an activating group) is 1. The summed E-state index contributed by atoms with van der Waals surface area (Å²) in [4.78, 5) is 22.5. The molecular weight excluding hydrogens is 174 g/mol. The van der Waals surface area contributed by atoms with E-state index in [0.29, 0.717) is 6.42 Å². The topological polar surface area (TPSA) is 64.6 Å². The van der Waals surface area contributed by atoms with E-state index in [1.807, 2.05) is 0 Å². The summed E-state index contributed by atoms with van der Waals surface area (Å²) in [5.41, 5.74) is -1.33. The molecule has 0 aromatic carbocycles. The van der Waals surface area contributed by atoms with E-state index >= 15 is 0 Å². The minimum absolute atomic E-state index is 0.435. The Labute approximate surface area is 76.4 Å². The molecule has 0 bridgehead atoms. The van der Waals surface area contributed by atoms with Crippen molar-refractivity contribution in [3.63, 3.8) is 0 Å². The molecule has 5 heteroatoms. The third kappa shape index (κ3) is 1.65. The quantitative estimate of drug-likeness (QED) is 0.606. The van der Waals surface area contributed by atoms with E-state index in [0.717, 1.165) is 0 Å². The third-order valence-electron chi connectivity index (χ3n) is 2.05. The number of cyclic esters (lactones) is 2. The number of esters is 2. The minimum Gasteiger partial charge on any atom is -0.446 e. The number of carbonyl (C=O) groups excluding carboxylic acids is 2. The number of nitrogens with one attached hydrogen (secondary N) is 1. The Balaban J connectivity index is 2.78. The van der Waals surface area contributed by atoms with Gasteiger partial charge in [0.15, 0.2) is 6.10 Å². The molecule has 5 nitrogen and oxygen atoms in total. The molecule has 2 atom stereocenters. The van der Waals surface area contributed by atoms with Crippen molar-refractivity contribution in [2.75, 3.05) is 7.05 Å². The lowest BCUT2D eigenvalue weighted by molar-refractivity contribution is -0.212. The van der Waals surface area contributed by atoms with Crippen molar-refractivity contribution in [3.8, 4) is 0 Å². The van der Waals surface area contributed by atoms with E-state index in [4.69, 9.17) is 9.47 Å². The summed E-state index contributed by atoms with van der Waals surface area (Å²) in [6, 6.07) is 0. The zero-order valence-electron chi connectivity index (χ0n) is 7.92. The summed E-state index contributed by atoms with van der Waals surface area (Å²) in [6.45, 7) is 3.21. The minimum atomic E-state index is -1.33. The van der Waals surface area contributed by atoms with Crippen LogP contribution in [0.2, 0.25) is 0 Å². The van der Waals surface area contributed by atoms with E-state index in [-0.39, 0.29) is 0 Å². The normalized spacial score (nSPS) is 33.9. The molecule has 0 aromatic heterocycles. The fourth-order valence-corrected chi connectivity index (χ4v) is 1.00. The zero-order valence-corrected chi connectivity index (χ0v) is 7.92. The molecule has 2 unspecified atom stereocenters. The van der Waals surface area contributed by atoms with Crippen LogP contribution < -0.4 is 5.32 Å². The Morgan fingerprint density at radius 2 is 2.15 bits per heavy atom. The van der Waals surface area contributed by atoms with Gasteiger partial charge in [-0.25, -0.2) is 9.59 Å². The van der Waals surface area contributed by atoms with Crippen molar-refractivity contribution < 1.29 is 19.1 Å². The van der Waals surface area contributed by atoms with Gasteiger partial charge in [-0.1, -0.05) is 6.92 Å². The fraction of sp³-hybridized carbons (Fsp3) is 0.750. The Morgan fingerprint density at radius 1 is 1.54 bits per heavy atom. The summed E-state index contributed by atoms with van der Waals surface area (Å²) in [6.07, 6.45) is -0.321. The summed E-state index contributed by atoms with van der Waals surface area (Å²) < 4.78 is 9.79. The van der Waals surface area contributed by atoms with Crippen LogP contribution >= 0.6 is 0 Å². The highest BCUT2D eigenvalue weighted by Gasteiger charge is 2.46. The first-order valence-corrected chi connectivity index (χ1v) is 4.16. The first-order chi connectivity index (χ1) is 6.03. The van der Waals surface area contributed by atoms with Gasteiger partial charge in [0.05, 0.1) is 0 Å². The van der Waals surface area contributed by atoms with E-state index in [1.165, 1.54) is 14.0 Å². The van der Waals surface area contributed by atoms with Crippen molar-refractivity contribution in [2.45, 2.75) is 32.1 Å². The molecule has 1 fully saturated rings. The van der Waals surface area contributed by atoms with Gasteiger partial charge in [-0.05, 0) is 13.5 Å². The van der Waals surface area contributed by atoms with Crippen LogP contribution in [-0.4, -0.2) is 30.8 Å². The van der Waals surface area contributed by atoms with Gasteiger partial charge >= 0.3 is 11.9 Å². The summed E-state index contributed by atoms with van der Waals surface area (Å²) >= 11 is 0. The van der Waals surface area contributed by atoms with Gasteiger partial charge in [0.1, 0.15) is 0 Å². The van der Waals surface area contributed by atoms with Gasteiger partial charge in [-0.15, -0.1) is 0 Å². The Kier molecular flexibility index (Phi) is 2.56. The summed E-state index contributed by atoms with van der Waals surface area (Å²) in [5, 5.41) is 2.59. The SMILES string of the molecule is CCC1OC(=O)C(C)(NC)OC1=O. The maximum Gasteiger partial charge on any atom is 0.367 e. The predicted molar refractivity (Wildman–Crippen MR) is 43.7 cm³/mol. The van der Waals surface area contributed by atoms with Crippen molar-refractivity contribution in [3.05, 3.63) is 0 Å². The van der Waals surface area contributed by atoms with E-state index < -0.39 is 23.8 Å². The molecular formula is C8H13NO4. The second-order valence-corrected chi connectivity index (χ2v) is 3.01. The van der Waals surface area contributed by atoms with Gasteiger partial charge in [0.2, 0.25) is 0 Å². The molecule has 1 N–H and O–H groups in total. The zero-order chi connectivity index (χ0) is 10.1. The monoisotopic (exact) mass is 187 g/mol. The first-order valence-electron chi connectivity index (χ1n) is 4.16. The Morgan fingerprint density at radius 3 is 2.62 bits per heavy atom. The molecule has 1 heterocycles. The van der Waals surface area contributed by atoms with Gasteiger partial charge in [0.25, 0.3) is 5.72 Å². The first kappa shape index (κ1) is 9.98. The van der Waals surface area contributed by atoms with Crippen LogP contribution in [-0.2, 0) is 19.1 Å². The van der Waals surface area contributed by atoms with Crippen molar-refractivity contribution in [2.24, 2.45) is 0 Å². The average Bonchev–Trinajstić information content (AvgIpc) is 2.11. The molecule has 0 radical (unpaired) electrons. The molecule has 1 rings (SSSR count). The average molecular weight is 187 g/mol. The van der Waals surface area contributed by atoms with Crippen LogP contribution in [0.5, 0.6) is 0 Å². The molecule has 74 valence electrons. The summed E-state index contributed by atoms with van der Waals surface area (Å²) in [7, 11) is 1.53. The van der Waals surface area contributed by atoms with E-state index in [9.17, 15) is 9.59 Å². The van der Waals surface area contributed by atoms with Gasteiger partial charge < -0.3 is 9.47 Å². The second kappa shape index (κ2) is 3.33. The van der Waals surface area contributed by atoms with Crippen LogP contribution in [0, 0.1) is 0 Å². The van der Waals surface area contributed by atoms with E-state index in [1.54, 1.807) is 6.92 Å². The predicted octanol–water partition coefficient (Wildman–Crippen LogP) is -0.199. The van der Waals surface area contributed by atoms with Gasteiger partial charge in [-0.2, -0.15) is 0 Å². The highest BCUT2D eigenvalue weighted by Crippen LogP contribution is 2.19. The van der Waals surface area contributed by atoms with Crippen LogP contribution in [0.1, 0.15) is 20.3 Å².